The van der Waals surface area contributed by atoms with Gasteiger partial charge in [-0.2, -0.15) is 5.10 Å². The Balaban J connectivity index is 1.45. The van der Waals surface area contributed by atoms with Crippen molar-refractivity contribution in [1.29, 1.82) is 0 Å². The van der Waals surface area contributed by atoms with E-state index in [-0.39, 0.29) is 23.6 Å². The number of pyridine rings is 1. The van der Waals surface area contributed by atoms with Gasteiger partial charge in [0.05, 0.1) is 22.6 Å². The van der Waals surface area contributed by atoms with E-state index in [4.69, 9.17) is 0 Å². The van der Waals surface area contributed by atoms with Gasteiger partial charge in [0.15, 0.2) is 5.82 Å². The first-order valence-corrected chi connectivity index (χ1v) is 9.43. The minimum Gasteiger partial charge on any atom is -0.343 e. The number of amides is 1. The van der Waals surface area contributed by atoms with Crippen molar-refractivity contribution in [3.05, 3.63) is 78.1 Å². The maximum Gasteiger partial charge on any atom is 0.287 e. The molecule has 7 nitrogen and oxygen atoms in total. The quantitative estimate of drug-likeness (QED) is 0.422. The molecular formula is C22H17FN6O. The Kier molecular flexibility index (Phi) is 4.24. The molecule has 0 saturated carbocycles. The van der Waals surface area contributed by atoms with E-state index in [0.29, 0.717) is 5.52 Å². The van der Waals surface area contributed by atoms with Crippen LogP contribution in [0.5, 0.6) is 0 Å². The molecule has 1 unspecified atom stereocenters. The molecule has 0 aliphatic rings. The number of carbonyl (C=O) groups is 1. The smallest absolute Gasteiger partial charge is 0.287 e. The van der Waals surface area contributed by atoms with Crippen LogP contribution in [0.3, 0.4) is 0 Å². The lowest BCUT2D eigenvalue weighted by Gasteiger charge is -2.13. The van der Waals surface area contributed by atoms with Crippen molar-refractivity contribution in [2.45, 2.75) is 13.0 Å². The zero-order valence-corrected chi connectivity index (χ0v) is 16.0. The Labute approximate surface area is 170 Å². The molecular weight excluding hydrogens is 383 g/mol. The molecule has 0 saturated heterocycles. The molecule has 3 aromatic heterocycles. The van der Waals surface area contributed by atoms with Crippen LogP contribution in [0.4, 0.5) is 4.39 Å². The van der Waals surface area contributed by atoms with E-state index in [1.54, 1.807) is 24.5 Å². The Hall–Kier alpha value is -4.07. The lowest BCUT2D eigenvalue weighted by atomic mass is 10.1. The highest BCUT2D eigenvalue weighted by molar-refractivity contribution is 6.02. The third kappa shape index (κ3) is 3.18. The van der Waals surface area contributed by atoms with E-state index >= 15 is 0 Å². The number of nitrogens with zero attached hydrogens (tertiary/aromatic N) is 3. The second-order valence-electron chi connectivity index (χ2n) is 7.06. The molecule has 3 N–H and O–H groups in total. The Morgan fingerprint density at radius 3 is 2.60 bits per heavy atom. The lowest BCUT2D eigenvalue weighted by molar-refractivity contribution is 0.0930. The van der Waals surface area contributed by atoms with Gasteiger partial charge in [-0.1, -0.05) is 12.1 Å². The van der Waals surface area contributed by atoms with Crippen LogP contribution in [0.25, 0.3) is 33.2 Å². The first-order valence-electron chi connectivity index (χ1n) is 9.43. The molecule has 0 aliphatic carbocycles. The summed E-state index contributed by atoms with van der Waals surface area (Å²) < 4.78 is 13.1. The summed E-state index contributed by atoms with van der Waals surface area (Å²) >= 11 is 0. The normalized spacial score (nSPS) is 12.3. The van der Waals surface area contributed by atoms with E-state index < -0.39 is 0 Å². The van der Waals surface area contributed by atoms with Crippen LogP contribution in [-0.4, -0.2) is 31.1 Å². The SMILES string of the molecule is CC(NC(=O)c1nc2cc3c(-c4ccncc4)n[nH]c3cc2[nH]1)c1ccc(F)cc1. The molecule has 0 radical (unpaired) electrons. The average molecular weight is 400 g/mol. The van der Waals surface area contributed by atoms with Gasteiger partial charge >= 0.3 is 0 Å². The van der Waals surface area contributed by atoms with Gasteiger partial charge in [0.1, 0.15) is 11.5 Å². The highest BCUT2D eigenvalue weighted by atomic mass is 19.1. The molecule has 1 atom stereocenters. The molecule has 1 amide bonds. The van der Waals surface area contributed by atoms with Crippen LogP contribution < -0.4 is 5.32 Å². The van der Waals surface area contributed by atoms with Crippen LogP contribution in [0.15, 0.2) is 60.9 Å². The highest BCUT2D eigenvalue weighted by Crippen LogP contribution is 2.29. The predicted molar refractivity (Wildman–Crippen MR) is 111 cm³/mol. The number of rotatable bonds is 4. The number of halogens is 1. The van der Waals surface area contributed by atoms with E-state index in [0.717, 1.165) is 33.2 Å². The van der Waals surface area contributed by atoms with Crippen molar-refractivity contribution in [1.82, 2.24) is 30.5 Å². The summed E-state index contributed by atoms with van der Waals surface area (Å²) in [5.41, 5.74) is 4.78. The Bertz CT molecular complexity index is 1360. The minimum atomic E-state index is -0.334. The fourth-order valence-corrected chi connectivity index (χ4v) is 3.46. The van der Waals surface area contributed by atoms with Crippen LogP contribution in [0.2, 0.25) is 0 Å². The number of hydrogen-bond acceptors (Lipinski definition) is 4. The summed E-state index contributed by atoms with van der Waals surface area (Å²) in [7, 11) is 0. The molecule has 0 spiro atoms. The van der Waals surface area contributed by atoms with Crippen LogP contribution >= 0.6 is 0 Å². The lowest BCUT2D eigenvalue weighted by Crippen LogP contribution is -2.27. The van der Waals surface area contributed by atoms with Crippen LogP contribution in [-0.2, 0) is 0 Å². The van der Waals surface area contributed by atoms with E-state index in [2.05, 4.69) is 30.5 Å². The molecule has 0 aliphatic heterocycles. The van der Waals surface area contributed by atoms with Crippen molar-refractivity contribution in [3.63, 3.8) is 0 Å². The zero-order valence-electron chi connectivity index (χ0n) is 16.0. The number of fused-ring (bicyclic) bond motifs is 2. The Morgan fingerprint density at radius 1 is 1.07 bits per heavy atom. The second-order valence-corrected chi connectivity index (χ2v) is 7.06. The maximum atomic E-state index is 13.1. The Morgan fingerprint density at radius 2 is 1.83 bits per heavy atom. The number of carbonyl (C=O) groups excluding carboxylic acids is 1. The van der Waals surface area contributed by atoms with Gasteiger partial charge in [-0.15, -0.1) is 0 Å². The largest absolute Gasteiger partial charge is 0.343 e. The molecule has 148 valence electrons. The van der Waals surface area contributed by atoms with Gasteiger partial charge in [-0.3, -0.25) is 14.9 Å². The molecule has 2 aromatic carbocycles. The molecule has 0 bridgehead atoms. The number of nitrogens with one attached hydrogen (secondary N) is 3. The summed E-state index contributed by atoms with van der Waals surface area (Å²) in [6.45, 7) is 1.84. The second kappa shape index (κ2) is 7.07. The minimum absolute atomic E-state index is 0.213. The van der Waals surface area contributed by atoms with Crippen molar-refractivity contribution in [3.8, 4) is 11.3 Å². The number of hydrogen-bond donors (Lipinski definition) is 3. The van der Waals surface area contributed by atoms with Gasteiger partial charge in [-0.05, 0) is 48.9 Å². The third-order valence-corrected chi connectivity index (χ3v) is 5.05. The molecule has 30 heavy (non-hydrogen) atoms. The first-order chi connectivity index (χ1) is 14.6. The maximum absolute atomic E-state index is 13.1. The molecule has 5 aromatic rings. The van der Waals surface area contributed by atoms with E-state index in [9.17, 15) is 9.18 Å². The van der Waals surface area contributed by atoms with Gasteiger partial charge in [0, 0.05) is 23.3 Å². The molecule has 8 heteroatoms. The number of benzene rings is 2. The van der Waals surface area contributed by atoms with Gasteiger partial charge in [0.2, 0.25) is 0 Å². The highest BCUT2D eigenvalue weighted by Gasteiger charge is 2.17. The standard InChI is InChI=1S/C22H17FN6O/c1-12(13-2-4-15(23)5-3-13)25-22(30)21-26-18-10-16-17(11-19(18)27-21)28-29-20(16)14-6-8-24-9-7-14/h2-12H,1H3,(H,25,30)(H,26,27)(H,28,29). The first kappa shape index (κ1) is 18.0. The third-order valence-electron chi connectivity index (χ3n) is 5.05. The molecule has 3 heterocycles. The van der Waals surface area contributed by atoms with Crippen molar-refractivity contribution in [2.24, 2.45) is 0 Å². The molecule has 0 fully saturated rings. The van der Waals surface area contributed by atoms with Crippen LogP contribution in [0.1, 0.15) is 29.1 Å². The topological polar surface area (TPSA) is 99.3 Å². The van der Waals surface area contributed by atoms with E-state index in [1.807, 2.05) is 31.2 Å². The summed E-state index contributed by atoms with van der Waals surface area (Å²) in [5.74, 6) is -0.435. The summed E-state index contributed by atoms with van der Waals surface area (Å²) in [6, 6.07) is 13.3. The zero-order chi connectivity index (χ0) is 20.7. The summed E-state index contributed by atoms with van der Waals surface area (Å²) in [4.78, 5) is 24.2. The average Bonchev–Trinajstić information content (AvgIpc) is 3.36. The monoisotopic (exact) mass is 400 g/mol. The van der Waals surface area contributed by atoms with Crippen molar-refractivity contribution >= 4 is 27.8 Å². The van der Waals surface area contributed by atoms with Gasteiger partial charge in [0.25, 0.3) is 5.91 Å². The number of aromatic nitrogens is 5. The summed E-state index contributed by atoms with van der Waals surface area (Å²) in [5, 5.41) is 11.2. The number of imidazole rings is 1. The van der Waals surface area contributed by atoms with Gasteiger partial charge < -0.3 is 10.3 Å². The number of H-pyrrole nitrogens is 2. The van der Waals surface area contributed by atoms with Crippen molar-refractivity contribution < 1.29 is 9.18 Å². The van der Waals surface area contributed by atoms with Gasteiger partial charge in [-0.25, -0.2) is 9.37 Å². The fraction of sp³-hybridized carbons (Fsp3) is 0.0909. The van der Waals surface area contributed by atoms with E-state index in [1.165, 1.54) is 12.1 Å². The fourth-order valence-electron chi connectivity index (χ4n) is 3.46. The van der Waals surface area contributed by atoms with Crippen molar-refractivity contribution in [2.75, 3.05) is 0 Å². The molecule has 5 rings (SSSR count). The summed E-state index contributed by atoms with van der Waals surface area (Å²) in [6.07, 6.45) is 3.43. The number of aromatic amines is 2. The predicted octanol–water partition coefficient (Wildman–Crippen LogP) is 4.13. The van der Waals surface area contributed by atoms with Crippen LogP contribution in [0, 0.1) is 5.82 Å².